The second-order valence-corrected chi connectivity index (χ2v) is 7.49. The van der Waals surface area contributed by atoms with Crippen molar-refractivity contribution < 1.29 is 4.42 Å². The van der Waals surface area contributed by atoms with Crippen LogP contribution in [0.1, 0.15) is 31.2 Å². The van der Waals surface area contributed by atoms with Crippen LogP contribution in [0.5, 0.6) is 0 Å². The Balaban J connectivity index is 1.40. The Morgan fingerprint density at radius 1 is 1.11 bits per heavy atom. The highest BCUT2D eigenvalue weighted by atomic mass is 16.3. The van der Waals surface area contributed by atoms with Gasteiger partial charge in [-0.25, -0.2) is 4.98 Å². The third kappa shape index (κ3) is 4.63. The SMILES string of the molecule is Cc1cc(NCc2ccco2)nc(Nc2ccc(N3CCC(C)CC3)cc2)n1. The van der Waals surface area contributed by atoms with E-state index in [-0.39, 0.29) is 0 Å². The molecule has 1 aliphatic heterocycles. The zero-order valence-electron chi connectivity index (χ0n) is 16.5. The zero-order valence-corrected chi connectivity index (χ0v) is 16.5. The Morgan fingerprint density at radius 3 is 2.61 bits per heavy atom. The van der Waals surface area contributed by atoms with Gasteiger partial charge in [-0.05, 0) is 62.1 Å². The van der Waals surface area contributed by atoms with Crippen molar-refractivity contribution in [2.24, 2.45) is 5.92 Å². The summed E-state index contributed by atoms with van der Waals surface area (Å²) in [5, 5.41) is 6.59. The highest BCUT2D eigenvalue weighted by molar-refractivity contribution is 5.60. The summed E-state index contributed by atoms with van der Waals surface area (Å²) in [7, 11) is 0. The third-order valence-corrected chi connectivity index (χ3v) is 5.15. The molecule has 2 N–H and O–H groups in total. The van der Waals surface area contributed by atoms with Crippen molar-refractivity contribution >= 4 is 23.1 Å². The van der Waals surface area contributed by atoms with Gasteiger partial charge in [-0.2, -0.15) is 4.98 Å². The predicted octanol–water partition coefficient (Wildman–Crippen LogP) is 4.97. The monoisotopic (exact) mass is 377 g/mol. The maximum atomic E-state index is 5.35. The zero-order chi connectivity index (χ0) is 19.3. The van der Waals surface area contributed by atoms with Gasteiger partial charge in [-0.1, -0.05) is 6.92 Å². The summed E-state index contributed by atoms with van der Waals surface area (Å²) in [6, 6.07) is 14.3. The Morgan fingerprint density at radius 2 is 1.89 bits per heavy atom. The lowest BCUT2D eigenvalue weighted by molar-refractivity contribution is 0.438. The van der Waals surface area contributed by atoms with Gasteiger partial charge >= 0.3 is 0 Å². The van der Waals surface area contributed by atoms with Gasteiger partial charge in [0.2, 0.25) is 5.95 Å². The van der Waals surface area contributed by atoms with Gasteiger partial charge < -0.3 is 20.0 Å². The first kappa shape index (κ1) is 18.3. The minimum absolute atomic E-state index is 0.585. The van der Waals surface area contributed by atoms with Crippen LogP contribution in [-0.4, -0.2) is 23.1 Å². The summed E-state index contributed by atoms with van der Waals surface area (Å²) in [5.74, 6) is 3.06. The quantitative estimate of drug-likeness (QED) is 0.632. The van der Waals surface area contributed by atoms with Gasteiger partial charge in [0.15, 0.2) is 0 Å². The second kappa shape index (κ2) is 8.33. The fraction of sp³-hybridized carbons (Fsp3) is 0.364. The van der Waals surface area contributed by atoms with Gasteiger partial charge in [0.1, 0.15) is 11.6 Å². The van der Waals surface area contributed by atoms with Crippen LogP contribution in [0.3, 0.4) is 0 Å². The topological polar surface area (TPSA) is 66.2 Å². The van der Waals surface area contributed by atoms with E-state index in [4.69, 9.17) is 4.42 Å². The molecule has 2 aromatic heterocycles. The number of furan rings is 1. The highest BCUT2D eigenvalue weighted by Crippen LogP contribution is 2.25. The lowest BCUT2D eigenvalue weighted by Gasteiger charge is -2.32. The molecule has 0 aliphatic carbocycles. The summed E-state index contributed by atoms with van der Waals surface area (Å²) in [5.41, 5.74) is 3.17. The van der Waals surface area contributed by atoms with Crippen molar-refractivity contribution in [2.75, 3.05) is 28.6 Å². The van der Waals surface area contributed by atoms with E-state index in [2.05, 4.69) is 56.7 Å². The van der Waals surface area contributed by atoms with E-state index in [1.54, 1.807) is 6.26 Å². The van der Waals surface area contributed by atoms with E-state index in [9.17, 15) is 0 Å². The summed E-state index contributed by atoms with van der Waals surface area (Å²) in [6.07, 6.45) is 4.21. The Kier molecular flexibility index (Phi) is 5.46. The highest BCUT2D eigenvalue weighted by Gasteiger charge is 2.15. The number of aryl methyl sites for hydroxylation is 1. The van der Waals surface area contributed by atoms with Crippen LogP contribution in [0, 0.1) is 12.8 Å². The number of piperidine rings is 1. The van der Waals surface area contributed by atoms with Crippen LogP contribution in [0.25, 0.3) is 0 Å². The molecule has 0 amide bonds. The molecule has 1 fully saturated rings. The molecule has 146 valence electrons. The van der Waals surface area contributed by atoms with Crippen molar-refractivity contribution in [2.45, 2.75) is 33.2 Å². The van der Waals surface area contributed by atoms with E-state index in [1.807, 2.05) is 25.1 Å². The molecular weight excluding hydrogens is 350 g/mol. The molecule has 6 nitrogen and oxygen atoms in total. The number of benzene rings is 1. The van der Waals surface area contributed by atoms with Gasteiger partial charge in [-0.3, -0.25) is 0 Å². The van der Waals surface area contributed by atoms with Crippen molar-refractivity contribution in [3.05, 3.63) is 60.2 Å². The normalized spacial score (nSPS) is 14.9. The van der Waals surface area contributed by atoms with Crippen LogP contribution in [0.2, 0.25) is 0 Å². The third-order valence-electron chi connectivity index (χ3n) is 5.15. The van der Waals surface area contributed by atoms with Gasteiger partial charge in [-0.15, -0.1) is 0 Å². The van der Waals surface area contributed by atoms with Crippen LogP contribution >= 0.6 is 0 Å². The number of rotatable bonds is 6. The molecule has 3 aromatic rings. The molecule has 0 radical (unpaired) electrons. The lowest BCUT2D eigenvalue weighted by atomic mass is 9.99. The minimum atomic E-state index is 0.585. The maximum Gasteiger partial charge on any atom is 0.229 e. The molecular formula is C22H27N5O. The molecule has 1 aliphatic rings. The molecule has 3 heterocycles. The first-order valence-corrected chi connectivity index (χ1v) is 9.90. The number of hydrogen-bond acceptors (Lipinski definition) is 6. The maximum absolute atomic E-state index is 5.35. The average molecular weight is 377 g/mol. The van der Waals surface area contributed by atoms with E-state index >= 15 is 0 Å². The number of hydrogen-bond donors (Lipinski definition) is 2. The first-order chi connectivity index (χ1) is 13.7. The van der Waals surface area contributed by atoms with Crippen molar-refractivity contribution in [3.63, 3.8) is 0 Å². The predicted molar refractivity (Wildman–Crippen MR) is 113 cm³/mol. The number of nitrogens with zero attached hydrogens (tertiary/aromatic N) is 3. The van der Waals surface area contributed by atoms with Crippen molar-refractivity contribution in [3.8, 4) is 0 Å². The first-order valence-electron chi connectivity index (χ1n) is 9.90. The molecule has 0 atom stereocenters. The van der Waals surface area contributed by atoms with Crippen molar-refractivity contribution in [1.82, 2.24) is 9.97 Å². The van der Waals surface area contributed by atoms with E-state index in [0.717, 1.165) is 42.0 Å². The Bertz CT molecular complexity index is 884. The number of nitrogens with one attached hydrogen (secondary N) is 2. The molecule has 6 heteroatoms. The van der Waals surface area contributed by atoms with Gasteiger partial charge in [0, 0.05) is 36.2 Å². The largest absolute Gasteiger partial charge is 0.467 e. The van der Waals surface area contributed by atoms with Crippen LogP contribution < -0.4 is 15.5 Å². The van der Waals surface area contributed by atoms with E-state index < -0.39 is 0 Å². The lowest BCUT2D eigenvalue weighted by Crippen LogP contribution is -2.32. The standard InChI is InChI=1S/C22H27N5O/c1-16-9-11-27(12-10-16)19-7-5-18(6-8-19)25-22-24-17(2)14-21(26-22)23-15-20-4-3-13-28-20/h3-8,13-14,16H,9-12,15H2,1-2H3,(H2,23,24,25,26). The van der Waals surface area contributed by atoms with Crippen LogP contribution in [-0.2, 0) is 6.54 Å². The average Bonchev–Trinajstić information content (AvgIpc) is 3.21. The van der Waals surface area contributed by atoms with Gasteiger partial charge in [0.25, 0.3) is 0 Å². The van der Waals surface area contributed by atoms with Crippen LogP contribution in [0.15, 0.2) is 53.1 Å². The van der Waals surface area contributed by atoms with E-state index in [1.165, 1.54) is 18.5 Å². The molecule has 28 heavy (non-hydrogen) atoms. The fourth-order valence-electron chi connectivity index (χ4n) is 3.46. The smallest absolute Gasteiger partial charge is 0.229 e. The second-order valence-electron chi connectivity index (χ2n) is 7.49. The fourth-order valence-corrected chi connectivity index (χ4v) is 3.46. The van der Waals surface area contributed by atoms with Crippen LogP contribution in [0.4, 0.5) is 23.1 Å². The molecule has 1 aromatic carbocycles. The summed E-state index contributed by atoms with van der Waals surface area (Å²) in [4.78, 5) is 11.5. The summed E-state index contributed by atoms with van der Waals surface area (Å²) >= 11 is 0. The van der Waals surface area contributed by atoms with Crippen molar-refractivity contribution in [1.29, 1.82) is 0 Å². The molecule has 4 rings (SSSR count). The minimum Gasteiger partial charge on any atom is -0.467 e. The Hall–Kier alpha value is -3.02. The molecule has 0 bridgehead atoms. The van der Waals surface area contributed by atoms with E-state index in [0.29, 0.717) is 12.5 Å². The summed E-state index contributed by atoms with van der Waals surface area (Å²) < 4.78 is 5.35. The molecule has 0 unspecified atom stereocenters. The van der Waals surface area contributed by atoms with Gasteiger partial charge in [0.05, 0.1) is 12.8 Å². The molecule has 0 saturated carbocycles. The Labute approximate surface area is 166 Å². The molecule has 0 spiro atoms. The number of aromatic nitrogens is 2. The summed E-state index contributed by atoms with van der Waals surface area (Å²) in [6.45, 7) is 7.17. The molecule has 1 saturated heterocycles. The number of anilines is 4.